The van der Waals surface area contributed by atoms with Crippen LogP contribution in [0.25, 0.3) is 5.65 Å². The molecule has 0 aliphatic heterocycles. The zero-order valence-corrected chi connectivity index (χ0v) is 15.9. The smallest absolute Gasteiger partial charge is 0.489 e. The van der Waals surface area contributed by atoms with Crippen LogP contribution in [0.4, 0.5) is 13.2 Å². The molecular formula is C21H22F3N3O2. The molecule has 0 N–H and O–H groups in total. The highest BCUT2D eigenvalue weighted by atomic mass is 19.4. The van der Waals surface area contributed by atoms with Gasteiger partial charge in [0.05, 0.1) is 0 Å². The largest absolute Gasteiger partial charge is 0.573 e. The minimum atomic E-state index is -4.74. The molecule has 1 aliphatic rings. The van der Waals surface area contributed by atoms with Crippen molar-refractivity contribution >= 4 is 5.65 Å². The highest BCUT2D eigenvalue weighted by Crippen LogP contribution is 2.31. The maximum Gasteiger partial charge on any atom is 0.573 e. The molecule has 2 aromatic heterocycles. The normalized spacial score (nSPS) is 16.0. The fraction of sp³-hybridized carbons (Fsp3) is 0.429. The summed E-state index contributed by atoms with van der Waals surface area (Å²) in [7, 11) is 0. The van der Waals surface area contributed by atoms with Crippen LogP contribution in [0.3, 0.4) is 0 Å². The summed E-state index contributed by atoms with van der Waals surface area (Å²) in [5.74, 6) is 1.35. The van der Waals surface area contributed by atoms with E-state index < -0.39 is 6.36 Å². The van der Waals surface area contributed by atoms with Gasteiger partial charge in [0.2, 0.25) is 0 Å². The predicted molar refractivity (Wildman–Crippen MR) is 101 cm³/mol. The molecule has 1 saturated carbocycles. The van der Waals surface area contributed by atoms with Gasteiger partial charge >= 0.3 is 6.36 Å². The van der Waals surface area contributed by atoms with Gasteiger partial charge in [-0.2, -0.15) is 0 Å². The quantitative estimate of drug-likeness (QED) is 0.515. The number of ether oxygens (including phenoxy) is 2. The summed E-state index contributed by atoms with van der Waals surface area (Å²) in [4.78, 5) is 0. The Morgan fingerprint density at radius 2 is 1.72 bits per heavy atom. The Morgan fingerprint density at radius 1 is 0.966 bits per heavy atom. The van der Waals surface area contributed by atoms with Crippen LogP contribution in [0.5, 0.6) is 11.5 Å². The van der Waals surface area contributed by atoms with Gasteiger partial charge in [0, 0.05) is 23.7 Å². The van der Waals surface area contributed by atoms with Crippen LogP contribution in [0.15, 0.2) is 42.6 Å². The maximum atomic E-state index is 12.4. The summed E-state index contributed by atoms with van der Waals surface area (Å²) >= 11 is 0. The molecule has 0 saturated heterocycles. The fourth-order valence-corrected chi connectivity index (χ4v) is 3.84. The number of hydrogen-bond acceptors (Lipinski definition) is 4. The third kappa shape index (κ3) is 4.81. The Kier molecular flexibility index (Phi) is 5.60. The Bertz CT molecular complexity index is 963. The molecule has 2 heterocycles. The number of rotatable bonds is 5. The Morgan fingerprint density at radius 3 is 2.48 bits per heavy atom. The van der Waals surface area contributed by atoms with Crippen molar-refractivity contribution in [2.75, 3.05) is 0 Å². The first kappa shape index (κ1) is 19.5. The number of halogens is 3. The first-order chi connectivity index (χ1) is 14.0. The van der Waals surface area contributed by atoms with E-state index in [4.69, 9.17) is 4.74 Å². The number of nitrogens with zero attached hydrogens (tertiary/aromatic N) is 3. The topological polar surface area (TPSA) is 48.7 Å². The molecule has 0 spiro atoms. The van der Waals surface area contributed by atoms with E-state index >= 15 is 0 Å². The molecule has 4 rings (SSSR count). The van der Waals surface area contributed by atoms with E-state index in [9.17, 15) is 13.2 Å². The minimum absolute atomic E-state index is 0.169. The van der Waals surface area contributed by atoms with Gasteiger partial charge in [-0.25, -0.2) is 0 Å². The average Bonchev–Trinajstić information content (AvgIpc) is 2.93. The third-order valence-electron chi connectivity index (χ3n) is 5.20. The number of alkyl halides is 3. The second-order valence-corrected chi connectivity index (χ2v) is 7.29. The van der Waals surface area contributed by atoms with Gasteiger partial charge < -0.3 is 9.47 Å². The Hall–Kier alpha value is -2.77. The second-order valence-electron chi connectivity index (χ2n) is 7.29. The van der Waals surface area contributed by atoms with Crippen molar-refractivity contribution < 1.29 is 22.6 Å². The van der Waals surface area contributed by atoms with Gasteiger partial charge in [0.25, 0.3) is 0 Å². The van der Waals surface area contributed by atoms with Crippen LogP contribution >= 0.6 is 0 Å². The number of aromatic nitrogens is 3. The fourth-order valence-electron chi connectivity index (χ4n) is 3.84. The zero-order chi connectivity index (χ0) is 20.3. The summed E-state index contributed by atoms with van der Waals surface area (Å²) in [5, 5.41) is 8.81. The van der Waals surface area contributed by atoms with E-state index in [0.717, 1.165) is 29.9 Å². The van der Waals surface area contributed by atoms with Gasteiger partial charge in [0.15, 0.2) is 5.65 Å². The molecule has 0 unspecified atom stereocenters. The van der Waals surface area contributed by atoms with Crippen molar-refractivity contribution in [3.05, 3.63) is 54.0 Å². The Balaban J connectivity index is 1.51. The van der Waals surface area contributed by atoms with Crippen LogP contribution < -0.4 is 9.47 Å². The predicted octanol–water partition coefficient (Wildman–Crippen LogP) is 5.64. The lowest BCUT2D eigenvalue weighted by Crippen LogP contribution is -2.17. The van der Waals surface area contributed by atoms with Crippen LogP contribution in [-0.2, 0) is 6.61 Å². The van der Waals surface area contributed by atoms with E-state index in [1.54, 1.807) is 6.07 Å². The van der Waals surface area contributed by atoms with Crippen molar-refractivity contribution in [2.45, 2.75) is 57.4 Å². The van der Waals surface area contributed by atoms with Gasteiger partial charge in [-0.3, -0.25) is 4.40 Å². The lowest BCUT2D eigenvalue weighted by Gasteiger charge is -2.13. The molecule has 0 amide bonds. The summed E-state index contributed by atoms with van der Waals surface area (Å²) in [6.07, 6.45) is 4.41. The van der Waals surface area contributed by atoms with Crippen molar-refractivity contribution in [3.63, 3.8) is 0 Å². The molecule has 0 radical (unpaired) electrons. The molecule has 29 heavy (non-hydrogen) atoms. The van der Waals surface area contributed by atoms with Crippen LogP contribution in [0.2, 0.25) is 0 Å². The number of pyridine rings is 1. The van der Waals surface area contributed by atoms with E-state index in [-0.39, 0.29) is 18.1 Å². The van der Waals surface area contributed by atoms with E-state index in [1.165, 1.54) is 43.9 Å². The van der Waals surface area contributed by atoms with Crippen molar-refractivity contribution in [2.24, 2.45) is 0 Å². The highest BCUT2D eigenvalue weighted by molar-refractivity contribution is 5.47. The summed E-state index contributed by atoms with van der Waals surface area (Å²) in [5.41, 5.74) is 1.54. The number of benzene rings is 1. The molecular weight excluding hydrogens is 383 g/mol. The van der Waals surface area contributed by atoms with Crippen molar-refractivity contribution in [3.8, 4) is 11.5 Å². The molecule has 1 aromatic carbocycles. The van der Waals surface area contributed by atoms with Gasteiger partial charge in [-0.1, -0.05) is 37.8 Å². The van der Waals surface area contributed by atoms with E-state index in [0.29, 0.717) is 5.92 Å². The Labute approximate surface area is 166 Å². The average molecular weight is 405 g/mol. The molecule has 0 bridgehead atoms. The molecule has 1 aliphatic carbocycles. The highest BCUT2D eigenvalue weighted by Gasteiger charge is 2.31. The summed E-state index contributed by atoms with van der Waals surface area (Å²) in [6.45, 7) is 0.169. The van der Waals surface area contributed by atoms with Crippen LogP contribution in [-0.4, -0.2) is 21.0 Å². The molecule has 3 aromatic rings. The summed E-state index contributed by atoms with van der Waals surface area (Å²) in [6, 6.07) is 9.30. The van der Waals surface area contributed by atoms with Crippen LogP contribution in [0.1, 0.15) is 55.8 Å². The molecule has 8 heteroatoms. The molecule has 5 nitrogen and oxygen atoms in total. The van der Waals surface area contributed by atoms with Crippen molar-refractivity contribution in [1.82, 2.24) is 14.6 Å². The van der Waals surface area contributed by atoms with Crippen molar-refractivity contribution in [1.29, 1.82) is 0 Å². The maximum absolute atomic E-state index is 12.4. The first-order valence-electron chi connectivity index (χ1n) is 9.81. The lowest BCUT2D eigenvalue weighted by atomic mass is 9.99. The second kappa shape index (κ2) is 8.31. The minimum Gasteiger partial charge on any atom is -0.489 e. The van der Waals surface area contributed by atoms with Gasteiger partial charge in [-0.05, 0) is 31.0 Å². The lowest BCUT2D eigenvalue weighted by molar-refractivity contribution is -0.274. The third-order valence-corrected chi connectivity index (χ3v) is 5.20. The number of fused-ring (bicyclic) bond motifs is 1. The molecule has 1 fully saturated rings. The van der Waals surface area contributed by atoms with Gasteiger partial charge in [-0.15, -0.1) is 23.4 Å². The van der Waals surface area contributed by atoms with Gasteiger partial charge in [0.1, 0.15) is 23.9 Å². The van der Waals surface area contributed by atoms with Crippen LogP contribution in [0, 0.1) is 0 Å². The van der Waals surface area contributed by atoms with E-state index in [1.807, 2.05) is 22.7 Å². The molecule has 154 valence electrons. The summed E-state index contributed by atoms with van der Waals surface area (Å²) < 4.78 is 48.8. The van der Waals surface area contributed by atoms with E-state index in [2.05, 4.69) is 14.9 Å². The SMILES string of the molecule is FC(F)(F)Oc1cccc(OCc2cccn3c(C4CCCCCC4)nnc23)c1. The first-order valence-corrected chi connectivity index (χ1v) is 9.81. The number of hydrogen-bond donors (Lipinski definition) is 0. The monoisotopic (exact) mass is 405 g/mol. The zero-order valence-electron chi connectivity index (χ0n) is 15.9. The standard InChI is InChI=1S/C21H22F3N3O2/c22-21(23,24)29-18-11-5-10-17(13-18)28-14-16-9-6-12-27-19(25-26-20(16)27)15-7-3-1-2-4-8-15/h5-6,9-13,15H,1-4,7-8,14H2. The molecule has 0 atom stereocenters.